The summed E-state index contributed by atoms with van der Waals surface area (Å²) in [6, 6.07) is 0. The molecule has 3 atom stereocenters. The van der Waals surface area contributed by atoms with Crippen LogP contribution in [0.3, 0.4) is 0 Å². The van der Waals surface area contributed by atoms with E-state index in [0.29, 0.717) is 17.8 Å². The van der Waals surface area contributed by atoms with E-state index in [4.69, 9.17) is 0 Å². The van der Waals surface area contributed by atoms with E-state index in [1.165, 1.54) is 0 Å². The standard InChI is InChI=1S/C15H28O2/c1-5-11(6-2)14-9-12(10(3)4)7-8-13(14)15(16)17/h10-14H,5-9H2,1-4H3,(H,16,17). The fourth-order valence-corrected chi connectivity index (χ4v) is 3.57. The summed E-state index contributed by atoms with van der Waals surface area (Å²) in [4.78, 5) is 11.4. The van der Waals surface area contributed by atoms with Crippen molar-refractivity contribution in [2.24, 2.45) is 29.6 Å². The Hall–Kier alpha value is -0.530. The third kappa shape index (κ3) is 3.46. The summed E-state index contributed by atoms with van der Waals surface area (Å²) in [7, 11) is 0. The highest BCUT2D eigenvalue weighted by atomic mass is 16.4. The van der Waals surface area contributed by atoms with Gasteiger partial charge in [0.25, 0.3) is 0 Å². The topological polar surface area (TPSA) is 37.3 Å². The van der Waals surface area contributed by atoms with Gasteiger partial charge in [-0.3, -0.25) is 4.79 Å². The van der Waals surface area contributed by atoms with Gasteiger partial charge in [0.15, 0.2) is 0 Å². The van der Waals surface area contributed by atoms with Crippen molar-refractivity contribution < 1.29 is 9.90 Å². The molecule has 17 heavy (non-hydrogen) atoms. The van der Waals surface area contributed by atoms with E-state index in [1.807, 2.05) is 0 Å². The summed E-state index contributed by atoms with van der Waals surface area (Å²) in [5, 5.41) is 9.37. The minimum absolute atomic E-state index is 0.0881. The van der Waals surface area contributed by atoms with E-state index in [2.05, 4.69) is 27.7 Å². The van der Waals surface area contributed by atoms with E-state index in [9.17, 15) is 9.90 Å². The summed E-state index contributed by atoms with van der Waals surface area (Å²) in [5.74, 6) is 1.78. The third-order valence-electron chi connectivity index (χ3n) is 4.85. The molecule has 0 radical (unpaired) electrons. The van der Waals surface area contributed by atoms with Gasteiger partial charge in [-0.15, -0.1) is 0 Å². The Kier molecular flexibility index (Phi) is 5.48. The van der Waals surface area contributed by atoms with Gasteiger partial charge in [-0.05, 0) is 42.9 Å². The SMILES string of the molecule is CCC(CC)C1CC(C(C)C)CCC1C(=O)O. The molecule has 1 fully saturated rings. The molecule has 0 aliphatic heterocycles. The van der Waals surface area contributed by atoms with Crippen molar-refractivity contribution in [1.82, 2.24) is 0 Å². The van der Waals surface area contributed by atoms with E-state index in [1.54, 1.807) is 0 Å². The molecule has 100 valence electrons. The molecule has 1 N–H and O–H groups in total. The Balaban J connectivity index is 2.78. The number of rotatable bonds is 5. The summed E-state index contributed by atoms with van der Waals surface area (Å²) in [6.07, 6.45) is 5.36. The molecule has 1 rings (SSSR count). The molecule has 0 aromatic rings. The van der Waals surface area contributed by atoms with Gasteiger partial charge < -0.3 is 5.11 Å². The zero-order valence-corrected chi connectivity index (χ0v) is 11.8. The number of hydrogen-bond donors (Lipinski definition) is 1. The minimum Gasteiger partial charge on any atom is -0.481 e. The molecule has 1 aliphatic carbocycles. The summed E-state index contributed by atoms with van der Waals surface area (Å²) in [6.45, 7) is 8.95. The Labute approximate surface area is 106 Å². The second-order valence-corrected chi connectivity index (χ2v) is 6.00. The van der Waals surface area contributed by atoms with Crippen LogP contribution < -0.4 is 0 Å². The maximum atomic E-state index is 11.4. The highest BCUT2D eigenvalue weighted by Gasteiger charge is 2.38. The Bertz CT molecular complexity index is 243. The molecule has 2 heteroatoms. The molecule has 0 heterocycles. The van der Waals surface area contributed by atoms with Crippen LogP contribution in [-0.4, -0.2) is 11.1 Å². The maximum absolute atomic E-state index is 11.4. The van der Waals surface area contributed by atoms with Crippen LogP contribution in [-0.2, 0) is 4.79 Å². The van der Waals surface area contributed by atoms with Crippen LogP contribution in [0.4, 0.5) is 0 Å². The van der Waals surface area contributed by atoms with Crippen LogP contribution in [0.5, 0.6) is 0 Å². The second kappa shape index (κ2) is 6.42. The van der Waals surface area contributed by atoms with Crippen molar-refractivity contribution in [2.75, 3.05) is 0 Å². The minimum atomic E-state index is -0.566. The van der Waals surface area contributed by atoms with Crippen LogP contribution in [0, 0.1) is 29.6 Å². The van der Waals surface area contributed by atoms with Gasteiger partial charge >= 0.3 is 5.97 Å². The highest BCUT2D eigenvalue weighted by molar-refractivity contribution is 5.70. The smallest absolute Gasteiger partial charge is 0.306 e. The van der Waals surface area contributed by atoms with Crippen LogP contribution in [0.1, 0.15) is 59.8 Å². The summed E-state index contributed by atoms with van der Waals surface area (Å²) < 4.78 is 0. The van der Waals surface area contributed by atoms with Gasteiger partial charge in [0.1, 0.15) is 0 Å². The molecule has 0 bridgehead atoms. The lowest BCUT2D eigenvalue weighted by atomic mass is 9.65. The third-order valence-corrected chi connectivity index (χ3v) is 4.85. The fraction of sp³-hybridized carbons (Fsp3) is 0.933. The average molecular weight is 240 g/mol. The van der Waals surface area contributed by atoms with E-state index in [-0.39, 0.29) is 5.92 Å². The first-order chi connectivity index (χ1) is 8.01. The van der Waals surface area contributed by atoms with E-state index in [0.717, 1.165) is 38.0 Å². The molecule has 1 aliphatic rings. The molecular weight excluding hydrogens is 212 g/mol. The maximum Gasteiger partial charge on any atom is 0.306 e. The molecule has 0 amide bonds. The van der Waals surface area contributed by atoms with Gasteiger partial charge in [0, 0.05) is 0 Å². The molecule has 2 nitrogen and oxygen atoms in total. The Morgan fingerprint density at radius 1 is 1.24 bits per heavy atom. The normalized spacial score (nSPS) is 29.9. The predicted molar refractivity (Wildman–Crippen MR) is 70.9 cm³/mol. The van der Waals surface area contributed by atoms with Gasteiger partial charge in [-0.2, -0.15) is 0 Å². The average Bonchev–Trinajstić information content (AvgIpc) is 2.30. The van der Waals surface area contributed by atoms with E-state index < -0.39 is 5.97 Å². The van der Waals surface area contributed by atoms with Gasteiger partial charge in [-0.25, -0.2) is 0 Å². The van der Waals surface area contributed by atoms with Crippen molar-refractivity contribution >= 4 is 5.97 Å². The molecule has 3 unspecified atom stereocenters. The quantitative estimate of drug-likeness (QED) is 0.782. The lowest BCUT2D eigenvalue weighted by Crippen LogP contribution is -2.36. The van der Waals surface area contributed by atoms with E-state index >= 15 is 0 Å². The molecule has 0 aromatic heterocycles. The van der Waals surface area contributed by atoms with Crippen LogP contribution >= 0.6 is 0 Å². The van der Waals surface area contributed by atoms with Gasteiger partial charge in [0.05, 0.1) is 5.92 Å². The summed E-state index contributed by atoms with van der Waals surface area (Å²) >= 11 is 0. The molecule has 0 saturated heterocycles. The lowest BCUT2D eigenvalue weighted by molar-refractivity contribution is -0.147. The second-order valence-electron chi connectivity index (χ2n) is 6.00. The van der Waals surface area contributed by atoms with Crippen molar-refractivity contribution in [2.45, 2.75) is 59.8 Å². The van der Waals surface area contributed by atoms with Gasteiger partial charge in [-0.1, -0.05) is 40.5 Å². The first-order valence-corrected chi connectivity index (χ1v) is 7.23. The molecule has 1 saturated carbocycles. The highest BCUT2D eigenvalue weighted by Crippen LogP contribution is 2.43. The van der Waals surface area contributed by atoms with Crippen molar-refractivity contribution in [1.29, 1.82) is 0 Å². The zero-order valence-electron chi connectivity index (χ0n) is 11.8. The van der Waals surface area contributed by atoms with Crippen LogP contribution in [0.15, 0.2) is 0 Å². The molecular formula is C15H28O2. The van der Waals surface area contributed by atoms with Crippen molar-refractivity contribution in [3.05, 3.63) is 0 Å². The molecule has 0 aromatic carbocycles. The van der Waals surface area contributed by atoms with Crippen LogP contribution in [0.25, 0.3) is 0 Å². The van der Waals surface area contributed by atoms with Gasteiger partial charge in [0.2, 0.25) is 0 Å². The van der Waals surface area contributed by atoms with Crippen molar-refractivity contribution in [3.8, 4) is 0 Å². The number of carboxylic acids is 1. The zero-order chi connectivity index (χ0) is 13.0. The number of aliphatic carboxylic acids is 1. The summed E-state index contributed by atoms with van der Waals surface area (Å²) in [5.41, 5.74) is 0. The Morgan fingerprint density at radius 2 is 1.82 bits per heavy atom. The monoisotopic (exact) mass is 240 g/mol. The fourth-order valence-electron chi connectivity index (χ4n) is 3.57. The number of hydrogen-bond acceptors (Lipinski definition) is 1. The van der Waals surface area contributed by atoms with Crippen LogP contribution in [0.2, 0.25) is 0 Å². The van der Waals surface area contributed by atoms with Crippen molar-refractivity contribution in [3.63, 3.8) is 0 Å². The first-order valence-electron chi connectivity index (χ1n) is 7.23. The Morgan fingerprint density at radius 3 is 2.24 bits per heavy atom. The lowest BCUT2D eigenvalue weighted by Gasteiger charge is -2.39. The number of carboxylic acid groups (broad SMARTS) is 1. The molecule has 0 spiro atoms. The largest absolute Gasteiger partial charge is 0.481 e. The number of carbonyl (C=O) groups is 1. The first kappa shape index (κ1) is 14.5. The predicted octanol–water partition coefficient (Wildman–Crippen LogP) is 4.20.